The molecule has 19 heavy (non-hydrogen) atoms. The number of sulfonamides is 1. The second kappa shape index (κ2) is 6.36. The number of rotatable bonds is 6. The van der Waals surface area contributed by atoms with Crippen LogP contribution >= 0.6 is 0 Å². The van der Waals surface area contributed by atoms with Crippen molar-refractivity contribution in [2.45, 2.75) is 31.7 Å². The lowest BCUT2D eigenvalue weighted by atomic mass is 10.1. The Morgan fingerprint density at radius 1 is 1.37 bits per heavy atom. The zero-order chi connectivity index (χ0) is 14.6. The van der Waals surface area contributed by atoms with Gasteiger partial charge < -0.3 is 9.84 Å². The molecule has 0 aliphatic heterocycles. The van der Waals surface area contributed by atoms with Gasteiger partial charge in [0.1, 0.15) is 10.6 Å². The Hall–Kier alpha value is -1.11. The minimum atomic E-state index is -3.72. The van der Waals surface area contributed by atoms with E-state index in [4.69, 9.17) is 4.74 Å². The van der Waals surface area contributed by atoms with Crippen LogP contribution in [0.15, 0.2) is 23.1 Å². The van der Waals surface area contributed by atoms with E-state index in [-0.39, 0.29) is 17.4 Å². The van der Waals surface area contributed by atoms with E-state index in [9.17, 15) is 13.5 Å². The zero-order valence-corrected chi connectivity index (χ0v) is 12.5. The molecule has 1 rings (SSSR count). The van der Waals surface area contributed by atoms with Crippen LogP contribution in [0.25, 0.3) is 0 Å². The fourth-order valence-corrected chi connectivity index (χ4v) is 3.27. The molecule has 0 amide bonds. The predicted molar refractivity (Wildman–Crippen MR) is 73.8 cm³/mol. The van der Waals surface area contributed by atoms with Crippen molar-refractivity contribution in [1.82, 2.24) is 4.72 Å². The molecule has 1 atom stereocenters. The van der Waals surface area contributed by atoms with E-state index in [1.165, 1.54) is 7.11 Å². The quantitative estimate of drug-likeness (QED) is 0.827. The highest BCUT2D eigenvalue weighted by atomic mass is 32.2. The number of aliphatic hydroxyl groups is 1. The van der Waals surface area contributed by atoms with Crippen LogP contribution in [-0.4, -0.2) is 33.3 Å². The summed E-state index contributed by atoms with van der Waals surface area (Å²) in [6.07, 6.45) is 0. The summed E-state index contributed by atoms with van der Waals surface area (Å²) >= 11 is 0. The van der Waals surface area contributed by atoms with Crippen LogP contribution in [-0.2, 0) is 10.0 Å². The first-order chi connectivity index (χ1) is 8.81. The maximum Gasteiger partial charge on any atom is 0.244 e. The highest BCUT2D eigenvalue weighted by Gasteiger charge is 2.24. The minimum absolute atomic E-state index is 0.00409. The molecule has 1 unspecified atom stereocenters. The summed E-state index contributed by atoms with van der Waals surface area (Å²) < 4.78 is 32.3. The number of nitrogens with one attached hydrogen (secondary N) is 1. The van der Waals surface area contributed by atoms with E-state index in [0.29, 0.717) is 5.75 Å². The molecule has 0 spiro atoms. The fraction of sp³-hybridized carbons (Fsp3) is 0.538. The Kier molecular flexibility index (Phi) is 5.34. The van der Waals surface area contributed by atoms with E-state index in [1.807, 2.05) is 20.8 Å². The average molecular weight is 287 g/mol. The molecule has 0 fully saturated rings. The molecule has 6 heteroatoms. The monoisotopic (exact) mass is 287 g/mol. The number of ether oxygens (including phenoxy) is 1. The first-order valence-corrected chi connectivity index (χ1v) is 7.58. The van der Waals surface area contributed by atoms with Gasteiger partial charge in [-0.2, -0.15) is 0 Å². The van der Waals surface area contributed by atoms with Crippen LogP contribution < -0.4 is 9.46 Å². The van der Waals surface area contributed by atoms with Gasteiger partial charge in [-0.3, -0.25) is 0 Å². The van der Waals surface area contributed by atoms with Crippen LogP contribution in [0.1, 0.15) is 19.4 Å². The SMILES string of the molecule is COc1ccc(C)cc1S(=O)(=O)NC(CO)C(C)C. The number of hydrogen-bond donors (Lipinski definition) is 2. The summed E-state index contributed by atoms with van der Waals surface area (Å²) in [5, 5.41) is 9.23. The van der Waals surface area contributed by atoms with Crippen molar-refractivity contribution in [2.24, 2.45) is 5.92 Å². The third kappa shape index (κ3) is 3.92. The lowest BCUT2D eigenvalue weighted by Gasteiger charge is -2.20. The molecule has 0 saturated heterocycles. The molecular weight excluding hydrogens is 266 g/mol. The molecule has 108 valence electrons. The van der Waals surface area contributed by atoms with Crippen molar-refractivity contribution in [3.63, 3.8) is 0 Å². The normalized spacial score (nSPS) is 13.6. The molecule has 0 aliphatic rings. The second-order valence-corrected chi connectivity index (χ2v) is 6.49. The van der Waals surface area contributed by atoms with Gasteiger partial charge in [0.2, 0.25) is 10.0 Å². The first-order valence-electron chi connectivity index (χ1n) is 6.09. The van der Waals surface area contributed by atoms with Crippen molar-refractivity contribution in [2.75, 3.05) is 13.7 Å². The average Bonchev–Trinajstić information content (AvgIpc) is 2.35. The van der Waals surface area contributed by atoms with Gasteiger partial charge in [0.15, 0.2) is 0 Å². The number of aryl methyl sites for hydroxylation is 1. The van der Waals surface area contributed by atoms with Gasteiger partial charge in [0, 0.05) is 6.04 Å². The van der Waals surface area contributed by atoms with Gasteiger partial charge in [0.25, 0.3) is 0 Å². The summed E-state index contributed by atoms with van der Waals surface area (Å²) in [5.41, 5.74) is 0.825. The number of benzene rings is 1. The highest BCUT2D eigenvalue weighted by molar-refractivity contribution is 7.89. The molecule has 0 bridgehead atoms. The molecular formula is C13H21NO4S. The van der Waals surface area contributed by atoms with Crippen molar-refractivity contribution in [3.05, 3.63) is 23.8 Å². The third-order valence-corrected chi connectivity index (χ3v) is 4.43. The second-order valence-electron chi connectivity index (χ2n) is 4.81. The van der Waals surface area contributed by atoms with Gasteiger partial charge in [0.05, 0.1) is 13.7 Å². The summed E-state index contributed by atoms with van der Waals surface area (Å²) in [6, 6.07) is 4.43. The number of aliphatic hydroxyl groups excluding tert-OH is 1. The summed E-state index contributed by atoms with van der Waals surface area (Å²) in [5.74, 6) is 0.286. The standard InChI is InChI=1S/C13H21NO4S/c1-9(2)11(8-15)14-19(16,17)13-7-10(3)5-6-12(13)18-4/h5-7,9,11,14-15H,8H2,1-4H3. The van der Waals surface area contributed by atoms with E-state index in [0.717, 1.165) is 5.56 Å². The van der Waals surface area contributed by atoms with Gasteiger partial charge in [-0.1, -0.05) is 19.9 Å². The van der Waals surface area contributed by atoms with E-state index < -0.39 is 16.1 Å². The zero-order valence-electron chi connectivity index (χ0n) is 11.7. The lowest BCUT2D eigenvalue weighted by molar-refractivity contribution is 0.227. The molecule has 2 N–H and O–H groups in total. The minimum Gasteiger partial charge on any atom is -0.495 e. The largest absolute Gasteiger partial charge is 0.495 e. The van der Waals surface area contributed by atoms with Gasteiger partial charge >= 0.3 is 0 Å². The van der Waals surface area contributed by atoms with Crippen molar-refractivity contribution >= 4 is 10.0 Å². The van der Waals surface area contributed by atoms with Crippen LogP contribution in [0.2, 0.25) is 0 Å². The summed E-state index contributed by atoms with van der Waals surface area (Å²) in [7, 11) is -2.29. The Balaban J connectivity index is 3.16. The van der Waals surface area contributed by atoms with Crippen LogP contribution in [0.3, 0.4) is 0 Å². The van der Waals surface area contributed by atoms with Gasteiger partial charge in [-0.25, -0.2) is 13.1 Å². The van der Waals surface area contributed by atoms with Gasteiger partial charge in [-0.15, -0.1) is 0 Å². The molecule has 0 aliphatic carbocycles. The highest BCUT2D eigenvalue weighted by Crippen LogP contribution is 2.25. The van der Waals surface area contributed by atoms with Crippen molar-refractivity contribution < 1.29 is 18.3 Å². The summed E-state index contributed by atoms with van der Waals surface area (Å²) in [6.45, 7) is 5.25. The van der Waals surface area contributed by atoms with Crippen LogP contribution in [0.5, 0.6) is 5.75 Å². The molecule has 0 radical (unpaired) electrons. The van der Waals surface area contributed by atoms with Crippen LogP contribution in [0.4, 0.5) is 0 Å². The van der Waals surface area contributed by atoms with E-state index >= 15 is 0 Å². The first kappa shape index (κ1) is 15.9. The van der Waals surface area contributed by atoms with Crippen molar-refractivity contribution in [1.29, 1.82) is 0 Å². The molecule has 0 saturated carbocycles. The number of methoxy groups -OCH3 is 1. The maximum absolute atomic E-state index is 12.3. The smallest absolute Gasteiger partial charge is 0.244 e. The topological polar surface area (TPSA) is 75.6 Å². The number of hydrogen-bond acceptors (Lipinski definition) is 4. The van der Waals surface area contributed by atoms with E-state index in [2.05, 4.69) is 4.72 Å². The maximum atomic E-state index is 12.3. The van der Waals surface area contributed by atoms with Crippen LogP contribution in [0, 0.1) is 12.8 Å². The Morgan fingerprint density at radius 2 is 2.00 bits per heavy atom. The molecule has 5 nitrogen and oxygen atoms in total. The Bertz CT molecular complexity index is 525. The Morgan fingerprint density at radius 3 is 2.47 bits per heavy atom. The molecule has 0 heterocycles. The molecule has 1 aromatic carbocycles. The molecule has 1 aromatic rings. The van der Waals surface area contributed by atoms with E-state index in [1.54, 1.807) is 18.2 Å². The fourth-order valence-electron chi connectivity index (χ4n) is 1.64. The van der Waals surface area contributed by atoms with Crippen molar-refractivity contribution in [3.8, 4) is 5.75 Å². The van der Waals surface area contributed by atoms with Gasteiger partial charge in [-0.05, 0) is 30.5 Å². The lowest BCUT2D eigenvalue weighted by Crippen LogP contribution is -2.41. The Labute approximate surface area is 114 Å². The predicted octanol–water partition coefficient (Wildman–Crippen LogP) is 1.30. The summed E-state index contributed by atoms with van der Waals surface area (Å²) in [4.78, 5) is 0.0918. The third-order valence-electron chi connectivity index (χ3n) is 2.92. The molecule has 0 aromatic heterocycles.